The molecule has 0 aromatic heterocycles. The van der Waals surface area contributed by atoms with Crippen LogP contribution in [0.25, 0.3) is 0 Å². The third-order valence-electron chi connectivity index (χ3n) is 3.82. The average molecular weight is 263 g/mol. The molecule has 0 bridgehead atoms. The fraction of sp³-hybridized carbons (Fsp3) is 0.533. The predicted molar refractivity (Wildman–Crippen MR) is 73.6 cm³/mol. The molecule has 4 heteroatoms. The van der Waals surface area contributed by atoms with Crippen molar-refractivity contribution in [1.82, 2.24) is 4.90 Å². The van der Waals surface area contributed by atoms with Gasteiger partial charge in [-0.1, -0.05) is 12.5 Å². The lowest BCUT2D eigenvalue weighted by Crippen LogP contribution is -2.37. The lowest BCUT2D eigenvalue weighted by atomic mass is 9.85. The van der Waals surface area contributed by atoms with E-state index in [4.69, 9.17) is 4.74 Å². The number of aromatic hydroxyl groups is 1. The van der Waals surface area contributed by atoms with Gasteiger partial charge in [-0.2, -0.15) is 0 Å². The van der Waals surface area contributed by atoms with Gasteiger partial charge in [-0.25, -0.2) is 0 Å². The van der Waals surface area contributed by atoms with Crippen LogP contribution >= 0.6 is 0 Å². The lowest BCUT2D eigenvalue weighted by molar-refractivity contribution is 0.0703. The molecule has 19 heavy (non-hydrogen) atoms. The van der Waals surface area contributed by atoms with Gasteiger partial charge in [0.2, 0.25) is 0 Å². The molecule has 1 aliphatic carbocycles. The molecule has 1 amide bonds. The highest BCUT2D eigenvalue weighted by Gasteiger charge is 2.25. The van der Waals surface area contributed by atoms with Gasteiger partial charge in [0, 0.05) is 13.1 Å². The maximum Gasteiger partial charge on any atom is 0.257 e. The lowest BCUT2D eigenvalue weighted by Gasteiger charge is -2.32. The molecule has 0 spiro atoms. The summed E-state index contributed by atoms with van der Waals surface area (Å²) < 4.78 is 5.04. The van der Waals surface area contributed by atoms with Crippen LogP contribution in [0.4, 0.5) is 0 Å². The number of methoxy groups -OCH3 is 1. The number of carbonyl (C=O) groups is 1. The van der Waals surface area contributed by atoms with Crippen molar-refractivity contribution in [3.05, 3.63) is 23.8 Å². The van der Waals surface area contributed by atoms with Gasteiger partial charge in [0.05, 0.1) is 12.7 Å². The van der Waals surface area contributed by atoms with Crippen LogP contribution < -0.4 is 4.74 Å². The topological polar surface area (TPSA) is 49.8 Å². The van der Waals surface area contributed by atoms with Crippen LogP contribution in [0.1, 0.15) is 36.5 Å². The Morgan fingerprint density at radius 3 is 2.74 bits per heavy atom. The zero-order valence-electron chi connectivity index (χ0n) is 11.6. The summed E-state index contributed by atoms with van der Waals surface area (Å²) in [5.74, 6) is 0.773. The van der Waals surface area contributed by atoms with Crippen molar-refractivity contribution in [3.8, 4) is 11.5 Å². The normalized spacial score (nSPS) is 14.8. The van der Waals surface area contributed by atoms with Gasteiger partial charge < -0.3 is 14.7 Å². The summed E-state index contributed by atoms with van der Waals surface area (Å²) >= 11 is 0. The first-order valence-corrected chi connectivity index (χ1v) is 6.82. The summed E-state index contributed by atoms with van der Waals surface area (Å²) in [6.45, 7) is 3.41. The molecule has 1 saturated carbocycles. The number of rotatable bonds is 5. The van der Waals surface area contributed by atoms with Crippen LogP contribution in [0.5, 0.6) is 11.5 Å². The quantitative estimate of drug-likeness (QED) is 0.888. The molecule has 104 valence electrons. The van der Waals surface area contributed by atoms with Gasteiger partial charge >= 0.3 is 0 Å². The molecular formula is C15H21NO3. The summed E-state index contributed by atoms with van der Waals surface area (Å²) in [5.41, 5.74) is 0.320. The number of amides is 1. The van der Waals surface area contributed by atoms with Crippen LogP contribution in [0, 0.1) is 5.92 Å². The van der Waals surface area contributed by atoms with E-state index in [2.05, 4.69) is 0 Å². The van der Waals surface area contributed by atoms with E-state index in [0.717, 1.165) is 6.54 Å². The van der Waals surface area contributed by atoms with Crippen LogP contribution in [-0.4, -0.2) is 36.1 Å². The average Bonchev–Trinajstić information content (AvgIpc) is 2.37. The second-order valence-electron chi connectivity index (χ2n) is 5.00. The second kappa shape index (κ2) is 5.95. The first-order chi connectivity index (χ1) is 9.17. The van der Waals surface area contributed by atoms with Crippen LogP contribution in [0.2, 0.25) is 0 Å². The zero-order chi connectivity index (χ0) is 13.8. The van der Waals surface area contributed by atoms with Crippen LogP contribution in [-0.2, 0) is 0 Å². The summed E-state index contributed by atoms with van der Waals surface area (Å²) in [4.78, 5) is 14.3. The van der Waals surface area contributed by atoms with E-state index in [1.54, 1.807) is 23.1 Å². The number of hydrogen-bond acceptors (Lipinski definition) is 3. The molecule has 1 aromatic rings. The van der Waals surface area contributed by atoms with Crippen molar-refractivity contribution in [2.24, 2.45) is 5.92 Å². The van der Waals surface area contributed by atoms with E-state index < -0.39 is 0 Å². The first kappa shape index (κ1) is 13.7. The monoisotopic (exact) mass is 263 g/mol. The Labute approximate surface area is 114 Å². The molecule has 0 radical (unpaired) electrons. The van der Waals surface area contributed by atoms with E-state index in [1.807, 2.05) is 6.92 Å². The molecule has 1 aliphatic rings. The summed E-state index contributed by atoms with van der Waals surface area (Å²) in [6.07, 6.45) is 3.67. The summed E-state index contributed by atoms with van der Waals surface area (Å²) in [5, 5.41) is 10.0. The molecule has 0 unspecified atom stereocenters. The van der Waals surface area contributed by atoms with E-state index in [9.17, 15) is 9.90 Å². The number of para-hydroxylation sites is 1. The van der Waals surface area contributed by atoms with Gasteiger partial charge in [-0.05, 0) is 37.8 Å². The molecule has 1 aromatic carbocycles. The van der Waals surface area contributed by atoms with Gasteiger partial charge in [0.15, 0.2) is 11.5 Å². The fourth-order valence-corrected chi connectivity index (χ4v) is 2.37. The Bertz CT molecular complexity index is 455. The predicted octanol–water partition coefficient (Wildman–Crippen LogP) is 2.66. The number of phenolic OH excluding ortho intramolecular Hbond substituents is 1. The van der Waals surface area contributed by atoms with Gasteiger partial charge in [0.1, 0.15) is 0 Å². The number of phenols is 1. The summed E-state index contributed by atoms with van der Waals surface area (Å²) in [6, 6.07) is 5.01. The molecule has 0 atom stereocenters. The molecule has 0 heterocycles. The van der Waals surface area contributed by atoms with Crippen molar-refractivity contribution >= 4 is 5.91 Å². The highest BCUT2D eigenvalue weighted by atomic mass is 16.5. The number of nitrogens with zero attached hydrogens (tertiary/aromatic N) is 1. The number of ether oxygens (including phenoxy) is 1. The third kappa shape index (κ3) is 2.83. The van der Waals surface area contributed by atoms with E-state index in [0.29, 0.717) is 23.8 Å². The zero-order valence-corrected chi connectivity index (χ0v) is 11.6. The molecule has 4 nitrogen and oxygen atoms in total. The van der Waals surface area contributed by atoms with Gasteiger partial charge in [-0.15, -0.1) is 0 Å². The van der Waals surface area contributed by atoms with E-state index >= 15 is 0 Å². The minimum atomic E-state index is -0.120. The summed E-state index contributed by atoms with van der Waals surface area (Å²) in [7, 11) is 1.48. The number of hydrogen-bond donors (Lipinski definition) is 1. The highest BCUT2D eigenvalue weighted by molar-refractivity contribution is 5.97. The van der Waals surface area contributed by atoms with Crippen LogP contribution in [0.15, 0.2) is 18.2 Å². The third-order valence-corrected chi connectivity index (χ3v) is 3.82. The van der Waals surface area contributed by atoms with Crippen molar-refractivity contribution in [2.45, 2.75) is 26.2 Å². The van der Waals surface area contributed by atoms with Crippen molar-refractivity contribution < 1.29 is 14.6 Å². The SMILES string of the molecule is CCN(CC1CCC1)C(=O)c1cccc(OC)c1O. The maximum atomic E-state index is 12.5. The smallest absolute Gasteiger partial charge is 0.257 e. The van der Waals surface area contributed by atoms with E-state index in [-0.39, 0.29) is 11.7 Å². The van der Waals surface area contributed by atoms with Crippen molar-refractivity contribution in [1.29, 1.82) is 0 Å². The van der Waals surface area contributed by atoms with Crippen molar-refractivity contribution in [3.63, 3.8) is 0 Å². The molecule has 2 rings (SSSR count). The Balaban J connectivity index is 2.16. The van der Waals surface area contributed by atoms with Gasteiger partial charge in [-0.3, -0.25) is 4.79 Å². The van der Waals surface area contributed by atoms with Gasteiger partial charge in [0.25, 0.3) is 5.91 Å². The first-order valence-electron chi connectivity index (χ1n) is 6.82. The molecule has 0 saturated heterocycles. The minimum absolute atomic E-state index is 0.0675. The standard InChI is InChI=1S/C15H21NO3/c1-3-16(10-11-6-4-7-11)15(18)12-8-5-9-13(19-2)14(12)17/h5,8-9,11,17H,3-4,6-7,10H2,1-2H3. The Morgan fingerprint density at radius 1 is 1.47 bits per heavy atom. The maximum absolute atomic E-state index is 12.5. The highest BCUT2D eigenvalue weighted by Crippen LogP contribution is 2.32. The molecule has 1 N–H and O–H groups in total. The molecule has 0 aliphatic heterocycles. The minimum Gasteiger partial charge on any atom is -0.504 e. The van der Waals surface area contributed by atoms with Crippen LogP contribution in [0.3, 0.4) is 0 Å². The number of carbonyl (C=O) groups excluding carboxylic acids is 1. The number of benzene rings is 1. The molecular weight excluding hydrogens is 242 g/mol. The largest absolute Gasteiger partial charge is 0.504 e. The fourth-order valence-electron chi connectivity index (χ4n) is 2.37. The molecule has 1 fully saturated rings. The Hall–Kier alpha value is -1.71. The Kier molecular flexibility index (Phi) is 4.30. The van der Waals surface area contributed by atoms with Crippen molar-refractivity contribution in [2.75, 3.05) is 20.2 Å². The second-order valence-corrected chi connectivity index (χ2v) is 5.00. The van der Waals surface area contributed by atoms with E-state index in [1.165, 1.54) is 26.4 Å². The Morgan fingerprint density at radius 2 is 2.21 bits per heavy atom.